The maximum atomic E-state index is 5.03. The number of benzene rings is 1. The van der Waals surface area contributed by atoms with Gasteiger partial charge in [-0.1, -0.05) is 0 Å². The number of methoxy groups -OCH3 is 1. The second kappa shape index (κ2) is 8.64. The number of piperazine rings is 1. The zero-order chi connectivity index (χ0) is 17.5. The van der Waals surface area contributed by atoms with Crippen LogP contribution in [0.25, 0.3) is 0 Å². The summed E-state index contributed by atoms with van der Waals surface area (Å²) in [6.07, 6.45) is 1.74. The monoisotopic (exact) mass is 342 g/mol. The summed E-state index contributed by atoms with van der Waals surface area (Å²) in [5, 5.41) is 6.45. The first-order valence-corrected chi connectivity index (χ1v) is 8.61. The van der Waals surface area contributed by atoms with Crippen LogP contribution in [0.15, 0.2) is 36.5 Å². The van der Waals surface area contributed by atoms with E-state index < -0.39 is 0 Å². The van der Waals surface area contributed by atoms with Crippen LogP contribution in [0.5, 0.6) is 0 Å². The molecule has 0 radical (unpaired) electrons. The molecule has 1 aliphatic rings. The van der Waals surface area contributed by atoms with E-state index in [9.17, 15) is 0 Å². The lowest BCUT2D eigenvalue weighted by atomic mass is 10.2. The van der Waals surface area contributed by atoms with Crippen LogP contribution in [0.1, 0.15) is 0 Å². The third-order valence-electron chi connectivity index (χ3n) is 4.26. The molecule has 3 rings (SSSR count). The van der Waals surface area contributed by atoms with Crippen molar-refractivity contribution in [2.45, 2.75) is 0 Å². The smallest absolute Gasteiger partial charge is 0.229 e. The molecule has 0 bridgehead atoms. The van der Waals surface area contributed by atoms with E-state index in [0.717, 1.165) is 37.7 Å². The summed E-state index contributed by atoms with van der Waals surface area (Å²) < 4.78 is 5.03. The summed E-state index contributed by atoms with van der Waals surface area (Å²) in [6.45, 7) is 5.71. The van der Waals surface area contributed by atoms with Crippen molar-refractivity contribution in [3.63, 3.8) is 0 Å². The zero-order valence-corrected chi connectivity index (χ0v) is 14.9. The average Bonchev–Trinajstić information content (AvgIpc) is 2.64. The Morgan fingerprint density at radius 1 is 1.08 bits per heavy atom. The minimum Gasteiger partial charge on any atom is -0.383 e. The lowest BCUT2D eigenvalue weighted by molar-refractivity contribution is 0.210. The Labute approximate surface area is 149 Å². The van der Waals surface area contributed by atoms with Crippen molar-refractivity contribution in [1.29, 1.82) is 0 Å². The molecule has 0 aliphatic carbocycles. The van der Waals surface area contributed by atoms with Crippen molar-refractivity contribution in [2.24, 2.45) is 0 Å². The molecule has 0 atom stereocenters. The van der Waals surface area contributed by atoms with Crippen molar-refractivity contribution in [1.82, 2.24) is 14.9 Å². The topological polar surface area (TPSA) is 65.6 Å². The Bertz CT molecular complexity index is 655. The number of anilines is 4. The van der Waals surface area contributed by atoms with E-state index in [-0.39, 0.29) is 0 Å². The van der Waals surface area contributed by atoms with Gasteiger partial charge in [-0.05, 0) is 37.4 Å². The molecule has 7 heteroatoms. The molecule has 1 fully saturated rings. The van der Waals surface area contributed by atoms with E-state index in [2.05, 4.69) is 61.7 Å². The second-order valence-electron chi connectivity index (χ2n) is 6.15. The van der Waals surface area contributed by atoms with Crippen LogP contribution in [0.4, 0.5) is 23.1 Å². The highest BCUT2D eigenvalue weighted by Gasteiger charge is 2.13. The molecule has 25 heavy (non-hydrogen) atoms. The molecule has 134 valence electrons. The van der Waals surface area contributed by atoms with Crippen molar-refractivity contribution >= 4 is 23.1 Å². The molecule has 2 aromatic rings. The maximum Gasteiger partial charge on any atom is 0.229 e. The fourth-order valence-electron chi connectivity index (χ4n) is 2.75. The quantitative estimate of drug-likeness (QED) is 0.746. The van der Waals surface area contributed by atoms with E-state index in [1.54, 1.807) is 13.3 Å². The molecular weight excluding hydrogens is 316 g/mol. The van der Waals surface area contributed by atoms with Gasteiger partial charge in [-0.2, -0.15) is 4.98 Å². The predicted molar refractivity (Wildman–Crippen MR) is 102 cm³/mol. The van der Waals surface area contributed by atoms with Gasteiger partial charge < -0.3 is 25.2 Å². The van der Waals surface area contributed by atoms with Gasteiger partial charge in [-0.3, -0.25) is 0 Å². The summed E-state index contributed by atoms with van der Waals surface area (Å²) in [4.78, 5) is 13.5. The van der Waals surface area contributed by atoms with Crippen LogP contribution >= 0.6 is 0 Å². The Kier molecular flexibility index (Phi) is 6.03. The lowest BCUT2D eigenvalue weighted by Gasteiger charge is -2.34. The molecule has 0 amide bonds. The normalized spacial score (nSPS) is 15.2. The number of aromatic nitrogens is 2. The number of ether oxygens (including phenoxy) is 1. The lowest BCUT2D eigenvalue weighted by Crippen LogP contribution is -2.44. The molecule has 2 heterocycles. The molecule has 0 spiro atoms. The fraction of sp³-hybridized carbons (Fsp3) is 0.444. The number of rotatable bonds is 7. The van der Waals surface area contributed by atoms with Gasteiger partial charge in [0.05, 0.1) is 6.61 Å². The molecule has 0 unspecified atom stereocenters. The number of nitrogens with zero attached hydrogens (tertiary/aromatic N) is 4. The first-order valence-electron chi connectivity index (χ1n) is 8.61. The van der Waals surface area contributed by atoms with E-state index in [0.29, 0.717) is 19.1 Å². The van der Waals surface area contributed by atoms with Gasteiger partial charge in [0.2, 0.25) is 5.95 Å². The van der Waals surface area contributed by atoms with Crippen LogP contribution in [0, 0.1) is 0 Å². The highest BCUT2D eigenvalue weighted by atomic mass is 16.5. The average molecular weight is 342 g/mol. The predicted octanol–water partition coefficient (Wildman–Crippen LogP) is 2.03. The molecule has 1 aromatic carbocycles. The van der Waals surface area contributed by atoms with Gasteiger partial charge in [0.25, 0.3) is 0 Å². The van der Waals surface area contributed by atoms with Gasteiger partial charge in [0.1, 0.15) is 5.82 Å². The van der Waals surface area contributed by atoms with Crippen molar-refractivity contribution in [2.75, 3.05) is 69.0 Å². The Morgan fingerprint density at radius 2 is 1.84 bits per heavy atom. The summed E-state index contributed by atoms with van der Waals surface area (Å²) in [7, 11) is 3.85. The molecular formula is C18H26N6O. The molecule has 0 saturated carbocycles. The van der Waals surface area contributed by atoms with Crippen LogP contribution in [0.2, 0.25) is 0 Å². The van der Waals surface area contributed by atoms with E-state index >= 15 is 0 Å². The highest BCUT2D eigenvalue weighted by molar-refractivity contribution is 5.60. The number of likely N-dealkylation sites (N-methyl/N-ethyl adjacent to an activating group) is 1. The van der Waals surface area contributed by atoms with Gasteiger partial charge in [0, 0.05) is 57.4 Å². The summed E-state index contributed by atoms with van der Waals surface area (Å²) >= 11 is 0. The minimum absolute atomic E-state index is 0.578. The van der Waals surface area contributed by atoms with Gasteiger partial charge >= 0.3 is 0 Å². The SMILES string of the molecule is COCCNc1ccnc(Nc2ccc(N3CCN(C)CC3)cc2)n1. The van der Waals surface area contributed by atoms with Crippen LogP contribution in [-0.2, 0) is 4.74 Å². The third-order valence-corrected chi connectivity index (χ3v) is 4.26. The zero-order valence-electron chi connectivity index (χ0n) is 14.9. The minimum atomic E-state index is 0.578. The van der Waals surface area contributed by atoms with E-state index in [1.165, 1.54) is 5.69 Å². The van der Waals surface area contributed by atoms with Gasteiger partial charge in [-0.15, -0.1) is 0 Å². The van der Waals surface area contributed by atoms with Crippen LogP contribution in [0.3, 0.4) is 0 Å². The molecule has 7 nitrogen and oxygen atoms in total. The summed E-state index contributed by atoms with van der Waals surface area (Å²) in [5.74, 6) is 1.36. The number of nitrogens with one attached hydrogen (secondary N) is 2. The Morgan fingerprint density at radius 3 is 2.56 bits per heavy atom. The summed E-state index contributed by atoms with van der Waals surface area (Å²) in [5.41, 5.74) is 2.24. The standard InChI is InChI=1S/C18H26N6O/c1-23-10-12-24(13-11-23)16-5-3-15(4-6-16)21-18-20-8-7-17(22-18)19-9-14-25-2/h3-8H,9-14H2,1-2H3,(H2,19,20,21,22). The molecule has 2 N–H and O–H groups in total. The molecule has 1 aliphatic heterocycles. The van der Waals surface area contributed by atoms with Crippen molar-refractivity contribution in [3.05, 3.63) is 36.5 Å². The number of hydrogen-bond acceptors (Lipinski definition) is 7. The summed E-state index contributed by atoms with van der Waals surface area (Å²) in [6, 6.07) is 10.3. The second-order valence-corrected chi connectivity index (χ2v) is 6.15. The Balaban J connectivity index is 1.58. The van der Waals surface area contributed by atoms with E-state index in [4.69, 9.17) is 4.74 Å². The fourth-order valence-corrected chi connectivity index (χ4v) is 2.75. The molecule has 1 aromatic heterocycles. The largest absolute Gasteiger partial charge is 0.383 e. The number of hydrogen-bond donors (Lipinski definition) is 2. The van der Waals surface area contributed by atoms with Crippen molar-refractivity contribution in [3.8, 4) is 0 Å². The van der Waals surface area contributed by atoms with Crippen LogP contribution < -0.4 is 15.5 Å². The van der Waals surface area contributed by atoms with Gasteiger partial charge in [-0.25, -0.2) is 4.98 Å². The molecule has 1 saturated heterocycles. The van der Waals surface area contributed by atoms with E-state index in [1.807, 2.05) is 6.07 Å². The first kappa shape index (κ1) is 17.4. The van der Waals surface area contributed by atoms with Gasteiger partial charge in [0.15, 0.2) is 0 Å². The Hall–Kier alpha value is -2.38. The first-order chi connectivity index (χ1) is 12.2. The highest BCUT2D eigenvalue weighted by Crippen LogP contribution is 2.21. The third kappa shape index (κ3) is 5.04. The van der Waals surface area contributed by atoms with Crippen molar-refractivity contribution < 1.29 is 4.74 Å². The van der Waals surface area contributed by atoms with Crippen LogP contribution in [-0.4, -0.2) is 68.4 Å². The maximum absolute atomic E-state index is 5.03.